The third-order valence-corrected chi connectivity index (χ3v) is 4.69. The Morgan fingerprint density at radius 1 is 1.15 bits per heavy atom. The van der Waals surface area contributed by atoms with Crippen molar-refractivity contribution in [3.8, 4) is 5.75 Å². The van der Waals surface area contributed by atoms with Crippen LogP contribution < -0.4 is 20.3 Å². The molecule has 0 saturated carbocycles. The highest BCUT2D eigenvalue weighted by molar-refractivity contribution is 7.80. The molecule has 136 valence electrons. The average molecular weight is 369 g/mol. The van der Waals surface area contributed by atoms with Crippen LogP contribution in [0.2, 0.25) is 0 Å². The Balaban J connectivity index is 1.56. The maximum atomic E-state index is 11.8. The van der Waals surface area contributed by atoms with Gasteiger partial charge in [0, 0.05) is 24.3 Å². The SMILES string of the molecule is COc1ccc(C(C)NC(=S)Nc2ccc(N3CCCC3=O)cc2)cc1. The third-order valence-electron chi connectivity index (χ3n) is 4.47. The van der Waals surface area contributed by atoms with Crippen LogP contribution in [0.4, 0.5) is 11.4 Å². The van der Waals surface area contributed by atoms with E-state index in [0.717, 1.165) is 35.7 Å². The highest BCUT2D eigenvalue weighted by Crippen LogP contribution is 2.23. The summed E-state index contributed by atoms with van der Waals surface area (Å²) < 4.78 is 5.18. The quantitative estimate of drug-likeness (QED) is 0.784. The predicted octanol–water partition coefficient (Wildman–Crippen LogP) is 3.87. The van der Waals surface area contributed by atoms with Crippen molar-refractivity contribution >= 4 is 34.6 Å². The van der Waals surface area contributed by atoms with Crippen LogP contribution in [0.3, 0.4) is 0 Å². The second-order valence-corrected chi connectivity index (χ2v) is 6.70. The molecule has 2 aromatic carbocycles. The lowest BCUT2D eigenvalue weighted by Gasteiger charge is -2.19. The van der Waals surface area contributed by atoms with Gasteiger partial charge < -0.3 is 20.3 Å². The largest absolute Gasteiger partial charge is 0.497 e. The Hall–Kier alpha value is -2.60. The lowest BCUT2D eigenvalue weighted by molar-refractivity contribution is -0.117. The molecule has 3 rings (SSSR count). The molecule has 0 spiro atoms. The maximum Gasteiger partial charge on any atom is 0.227 e. The molecule has 1 saturated heterocycles. The Labute approximate surface area is 159 Å². The average Bonchev–Trinajstić information content (AvgIpc) is 3.08. The number of nitrogens with zero attached hydrogens (tertiary/aromatic N) is 1. The predicted molar refractivity (Wildman–Crippen MR) is 109 cm³/mol. The fraction of sp³-hybridized carbons (Fsp3) is 0.300. The lowest BCUT2D eigenvalue weighted by atomic mass is 10.1. The number of benzene rings is 2. The van der Waals surface area contributed by atoms with Crippen molar-refractivity contribution < 1.29 is 9.53 Å². The van der Waals surface area contributed by atoms with Crippen LogP contribution in [0.1, 0.15) is 31.4 Å². The summed E-state index contributed by atoms with van der Waals surface area (Å²) in [6.07, 6.45) is 1.56. The number of amides is 1. The molecule has 0 radical (unpaired) electrons. The number of carbonyl (C=O) groups is 1. The summed E-state index contributed by atoms with van der Waals surface area (Å²) in [4.78, 5) is 13.6. The highest BCUT2D eigenvalue weighted by atomic mass is 32.1. The summed E-state index contributed by atoms with van der Waals surface area (Å²) in [6, 6.07) is 15.7. The molecule has 1 amide bonds. The number of hydrogen-bond acceptors (Lipinski definition) is 3. The summed E-state index contributed by atoms with van der Waals surface area (Å²) in [7, 11) is 1.65. The minimum absolute atomic E-state index is 0.0717. The van der Waals surface area contributed by atoms with Crippen LogP contribution in [0.15, 0.2) is 48.5 Å². The van der Waals surface area contributed by atoms with E-state index < -0.39 is 0 Å². The molecule has 1 atom stereocenters. The number of ether oxygens (including phenoxy) is 1. The van der Waals surface area contributed by atoms with Crippen molar-refractivity contribution in [3.05, 3.63) is 54.1 Å². The van der Waals surface area contributed by atoms with Gasteiger partial charge in [0.1, 0.15) is 5.75 Å². The number of methoxy groups -OCH3 is 1. The summed E-state index contributed by atoms with van der Waals surface area (Å²) in [6.45, 7) is 2.85. The summed E-state index contributed by atoms with van der Waals surface area (Å²) in [5.74, 6) is 1.02. The van der Waals surface area contributed by atoms with E-state index in [1.807, 2.05) is 53.4 Å². The molecule has 2 aromatic rings. The van der Waals surface area contributed by atoms with E-state index in [1.54, 1.807) is 7.11 Å². The second-order valence-electron chi connectivity index (χ2n) is 6.29. The molecule has 1 fully saturated rings. The van der Waals surface area contributed by atoms with Crippen molar-refractivity contribution in [1.82, 2.24) is 5.32 Å². The van der Waals surface area contributed by atoms with E-state index in [0.29, 0.717) is 11.5 Å². The van der Waals surface area contributed by atoms with Gasteiger partial charge in [0.25, 0.3) is 0 Å². The van der Waals surface area contributed by atoms with Crippen LogP contribution in [0, 0.1) is 0 Å². The fourth-order valence-electron chi connectivity index (χ4n) is 2.99. The second kappa shape index (κ2) is 8.19. The minimum Gasteiger partial charge on any atom is -0.497 e. The molecule has 26 heavy (non-hydrogen) atoms. The summed E-state index contributed by atoms with van der Waals surface area (Å²) in [5, 5.41) is 7.01. The normalized spacial score (nSPS) is 14.8. The molecule has 5 nitrogen and oxygen atoms in total. The first kappa shape index (κ1) is 18.2. The van der Waals surface area contributed by atoms with Crippen molar-refractivity contribution in [2.45, 2.75) is 25.8 Å². The van der Waals surface area contributed by atoms with Gasteiger partial charge in [-0.05, 0) is 67.5 Å². The molecule has 1 unspecified atom stereocenters. The monoisotopic (exact) mass is 369 g/mol. The number of carbonyl (C=O) groups excluding carboxylic acids is 1. The van der Waals surface area contributed by atoms with Crippen LogP contribution in [-0.2, 0) is 4.79 Å². The van der Waals surface area contributed by atoms with Crippen molar-refractivity contribution in [2.24, 2.45) is 0 Å². The van der Waals surface area contributed by atoms with E-state index >= 15 is 0 Å². The molecule has 1 aliphatic rings. The van der Waals surface area contributed by atoms with Gasteiger partial charge in [0.2, 0.25) is 5.91 Å². The first-order chi connectivity index (χ1) is 12.6. The topological polar surface area (TPSA) is 53.6 Å². The van der Waals surface area contributed by atoms with Crippen LogP contribution >= 0.6 is 12.2 Å². The summed E-state index contributed by atoms with van der Waals surface area (Å²) in [5.41, 5.74) is 2.95. The molecule has 0 bridgehead atoms. The van der Waals surface area contributed by atoms with Crippen LogP contribution in [0.25, 0.3) is 0 Å². The summed E-state index contributed by atoms with van der Waals surface area (Å²) >= 11 is 5.41. The molecule has 6 heteroatoms. The minimum atomic E-state index is 0.0717. The fourth-order valence-corrected chi connectivity index (χ4v) is 3.28. The van der Waals surface area contributed by atoms with Gasteiger partial charge in [-0.2, -0.15) is 0 Å². The molecule has 0 aromatic heterocycles. The zero-order valence-electron chi connectivity index (χ0n) is 15.0. The first-order valence-corrected chi connectivity index (χ1v) is 9.09. The van der Waals surface area contributed by atoms with Gasteiger partial charge >= 0.3 is 0 Å². The zero-order chi connectivity index (χ0) is 18.5. The molecule has 1 aliphatic heterocycles. The van der Waals surface area contributed by atoms with Gasteiger partial charge in [-0.1, -0.05) is 12.1 Å². The maximum absolute atomic E-state index is 11.8. The van der Waals surface area contributed by atoms with Crippen LogP contribution in [0.5, 0.6) is 5.75 Å². The van der Waals surface area contributed by atoms with Crippen molar-refractivity contribution in [1.29, 1.82) is 0 Å². The van der Waals surface area contributed by atoms with E-state index in [9.17, 15) is 4.79 Å². The zero-order valence-corrected chi connectivity index (χ0v) is 15.8. The smallest absolute Gasteiger partial charge is 0.227 e. The first-order valence-electron chi connectivity index (χ1n) is 8.69. The van der Waals surface area contributed by atoms with E-state index in [-0.39, 0.29) is 11.9 Å². The van der Waals surface area contributed by atoms with Crippen molar-refractivity contribution in [3.63, 3.8) is 0 Å². The Kier molecular flexibility index (Phi) is 5.73. The molecule has 1 heterocycles. The third kappa shape index (κ3) is 4.32. The lowest BCUT2D eigenvalue weighted by Crippen LogP contribution is -2.30. The standard InChI is InChI=1S/C20H23N3O2S/c1-14(15-5-11-18(25-2)12-6-15)21-20(26)22-16-7-9-17(10-8-16)23-13-3-4-19(23)24/h5-12,14H,3-4,13H2,1-2H3,(H2,21,22,26). The van der Waals surface area contributed by atoms with Gasteiger partial charge in [-0.25, -0.2) is 0 Å². The van der Waals surface area contributed by atoms with E-state index in [1.165, 1.54) is 0 Å². The van der Waals surface area contributed by atoms with Gasteiger partial charge in [0.05, 0.1) is 13.2 Å². The molecular weight excluding hydrogens is 346 g/mol. The van der Waals surface area contributed by atoms with E-state index in [4.69, 9.17) is 17.0 Å². The molecular formula is C20H23N3O2S. The van der Waals surface area contributed by atoms with Crippen molar-refractivity contribution in [2.75, 3.05) is 23.9 Å². The van der Waals surface area contributed by atoms with Crippen LogP contribution in [-0.4, -0.2) is 24.7 Å². The van der Waals surface area contributed by atoms with Gasteiger partial charge in [0.15, 0.2) is 5.11 Å². The van der Waals surface area contributed by atoms with Gasteiger partial charge in [-0.15, -0.1) is 0 Å². The Morgan fingerprint density at radius 3 is 2.42 bits per heavy atom. The Morgan fingerprint density at radius 2 is 1.85 bits per heavy atom. The number of hydrogen-bond donors (Lipinski definition) is 2. The molecule has 2 N–H and O–H groups in total. The number of thiocarbonyl (C=S) groups is 1. The molecule has 0 aliphatic carbocycles. The Bertz CT molecular complexity index is 775. The number of anilines is 2. The van der Waals surface area contributed by atoms with Gasteiger partial charge in [-0.3, -0.25) is 4.79 Å². The number of nitrogens with one attached hydrogen (secondary N) is 2. The number of rotatable bonds is 5. The highest BCUT2D eigenvalue weighted by Gasteiger charge is 2.21. The van der Waals surface area contributed by atoms with E-state index in [2.05, 4.69) is 17.6 Å².